The third-order valence-electron chi connectivity index (χ3n) is 17.2. The molecule has 10 N–H and O–H groups in total. The van der Waals surface area contributed by atoms with Crippen molar-refractivity contribution in [2.24, 2.45) is 0 Å². The van der Waals surface area contributed by atoms with Crippen molar-refractivity contribution in [3.05, 3.63) is 243 Å². The molecule has 0 bridgehead atoms. The summed E-state index contributed by atoms with van der Waals surface area (Å²) in [6.45, 7) is 8.61. The van der Waals surface area contributed by atoms with Gasteiger partial charge in [-0.1, -0.05) is 48.5 Å². The Labute approximate surface area is 630 Å². The third kappa shape index (κ3) is 21.3. The first-order chi connectivity index (χ1) is 51.6. The minimum atomic E-state index is -0.143. The highest BCUT2D eigenvalue weighted by molar-refractivity contribution is 7.14. The molecular weight excluding hydrogens is 1420 g/mol. The molecule has 2 aliphatic rings. The van der Waals surface area contributed by atoms with Crippen molar-refractivity contribution in [2.75, 3.05) is 126 Å². The minimum Gasteiger partial charge on any atom is -0.490 e. The normalized spacial score (nSPS) is 12.7. The van der Waals surface area contributed by atoms with Gasteiger partial charge in [0.25, 0.3) is 0 Å². The molecule has 2 fully saturated rings. The van der Waals surface area contributed by atoms with Crippen molar-refractivity contribution < 1.29 is 38.5 Å². The molecule has 8 aromatic heterocycles. The van der Waals surface area contributed by atoms with Gasteiger partial charge >= 0.3 is 0 Å². The van der Waals surface area contributed by atoms with Crippen LogP contribution in [0.15, 0.2) is 198 Å². The number of carbonyl (C=O) groups excluding carboxylic acids is 4. The Balaban J connectivity index is 0.000000141. The van der Waals surface area contributed by atoms with E-state index in [4.69, 9.17) is 42.3 Å². The summed E-state index contributed by atoms with van der Waals surface area (Å²) in [5.41, 5.74) is 36.6. The van der Waals surface area contributed by atoms with Crippen LogP contribution in [0.2, 0.25) is 0 Å². The van der Waals surface area contributed by atoms with Gasteiger partial charge in [-0.25, -0.2) is 24.9 Å². The van der Waals surface area contributed by atoms with Gasteiger partial charge in [-0.15, -0.1) is 55.5 Å². The lowest BCUT2D eigenvalue weighted by atomic mass is 10.0. The number of hydrogen-bond acceptors (Lipinski definition) is 27. The molecule has 0 atom stereocenters. The number of hydrogen-bond donors (Lipinski definition) is 6. The predicted octanol–water partition coefficient (Wildman–Crippen LogP) is 12.0. The molecule has 544 valence electrons. The van der Waals surface area contributed by atoms with Crippen molar-refractivity contribution in [1.29, 1.82) is 0 Å². The summed E-state index contributed by atoms with van der Waals surface area (Å²) in [5.74, 6) is 0.841. The molecule has 0 saturated carbocycles. The number of pyridine rings is 1. The summed E-state index contributed by atoms with van der Waals surface area (Å²) in [6, 6.07) is 45.8. The first-order valence-corrected chi connectivity index (χ1v) is 37.7. The fourth-order valence-electron chi connectivity index (χ4n) is 11.3. The number of thiophene rings is 4. The van der Waals surface area contributed by atoms with Crippen LogP contribution in [0.25, 0.3) is 41.8 Å². The number of rotatable bonds is 25. The highest BCUT2D eigenvalue weighted by atomic mass is 32.1. The fourth-order valence-corrected chi connectivity index (χ4v) is 14.2. The largest absolute Gasteiger partial charge is 0.490 e. The van der Waals surface area contributed by atoms with Crippen molar-refractivity contribution >= 4 is 103 Å². The standard InChI is InChI=1S/C21H23N5OS.C20H21N5OS.C19H19N3O3S.C19H18N2O3S/c1-25-6-8-26(9-7-25)17-13-23-21(24-14-17)19(27)12-16-11-15(4-5-18(16)22)20-3-2-10-28-20;21-17-4-3-14(19-2-1-9-27-19)10-15(17)11-18(26)20-23-12-16(13-24-20)25-7-5-22-6-8-25;1-24-8-9-25-19-7-6-16(21-22-19)17(23)12-14-11-13(4-5-15(14)20)18-3-2-10-26-18;20-16-5-3-13(19-2-1-9-25-19)10-14(16)11-18(23)17-6-4-15(12-21-17)24-8-7-22/h2-5,10-11,13-14H,6-9,12,22H2,1H3;1-4,9-10,12-13,22H,5-8,11,21H2;2-7,10-11H,8-9,12,20H2,1H3;1-6,9-10,12,22H,7-8,11,20H2. The molecule has 2 aliphatic heterocycles. The van der Waals surface area contributed by atoms with Crippen LogP contribution < -0.4 is 47.5 Å². The van der Waals surface area contributed by atoms with Crippen LogP contribution in [0.1, 0.15) is 64.5 Å². The number of piperazine rings is 2. The first kappa shape index (κ1) is 76.1. The number of nitrogens with zero attached hydrogens (tertiary/aromatic N) is 10. The Bertz CT molecular complexity index is 4790. The van der Waals surface area contributed by atoms with Crippen LogP contribution in [0.4, 0.5) is 34.1 Å². The van der Waals surface area contributed by atoms with Crippen LogP contribution in [-0.4, -0.2) is 161 Å². The molecule has 0 radical (unpaired) electrons. The molecule has 14 rings (SSSR count). The van der Waals surface area contributed by atoms with Crippen molar-refractivity contribution in [2.45, 2.75) is 25.7 Å². The maximum Gasteiger partial charge on any atom is 0.233 e. The number of benzene rings is 4. The van der Waals surface area contributed by atoms with E-state index in [0.717, 1.165) is 128 Å². The van der Waals surface area contributed by atoms with Gasteiger partial charge in [0, 0.05) is 133 Å². The summed E-state index contributed by atoms with van der Waals surface area (Å²) in [5, 5.41) is 28.0. The van der Waals surface area contributed by atoms with Crippen molar-refractivity contribution in [3.63, 3.8) is 0 Å². The number of ether oxygens (including phenoxy) is 3. The van der Waals surface area contributed by atoms with E-state index in [-0.39, 0.29) is 79.4 Å². The highest BCUT2D eigenvalue weighted by Gasteiger charge is 2.21. The second kappa shape index (κ2) is 38.1. The minimum absolute atomic E-state index is 0.0689. The van der Waals surface area contributed by atoms with E-state index in [0.29, 0.717) is 53.3 Å². The smallest absolute Gasteiger partial charge is 0.233 e. The Hall–Kier alpha value is -11.0. The number of methoxy groups -OCH3 is 1. The second-order valence-corrected chi connectivity index (χ2v) is 28.4. The summed E-state index contributed by atoms with van der Waals surface area (Å²) in [6.07, 6.45) is 9.19. The second-order valence-electron chi connectivity index (χ2n) is 24.6. The quantitative estimate of drug-likeness (QED) is 0.0176. The van der Waals surface area contributed by atoms with E-state index in [9.17, 15) is 19.2 Å². The molecule has 27 heteroatoms. The molecule has 0 amide bonds. The molecule has 2 saturated heterocycles. The average molecular weight is 1500 g/mol. The fraction of sp³-hybridized carbons (Fsp3) is 0.228. The van der Waals surface area contributed by atoms with Gasteiger partial charge < -0.3 is 62.3 Å². The first-order valence-electron chi connectivity index (χ1n) is 34.2. The number of nitrogen functional groups attached to an aromatic ring is 4. The van der Waals surface area contributed by atoms with Gasteiger partial charge in [0.05, 0.1) is 55.6 Å². The number of likely N-dealkylation sites (N-methyl/N-ethyl adjacent to an activating group) is 1. The number of Topliss-reactive ketones (excluding diaryl/α,β-unsaturated/α-hetero) is 4. The lowest BCUT2D eigenvalue weighted by Crippen LogP contribution is -2.44. The third-order valence-corrected chi connectivity index (χ3v) is 20.8. The summed E-state index contributed by atoms with van der Waals surface area (Å²) in [4.78, 5) is 83.0. The highest BCUT2D eigenvalue weighted by Crippen LogP contribution is 2.33. The van der Waals surface area contributed by atoms with Crippen molar-refractivity contribution in [3.8, 4) is 53.4 Å². The van der Waals surface area contributed by atoms with Gasteiger partial charge in [0.1, 0.15) is 30.4 Å². The average Bonchev–Trinajstić information content (AvgIpc) is 1.33. The molecule has 12 aromatic rings. The lowest BCUT2D eigenvalue weighted by molar-refractivity contribution is 0.0975. The summed E-state index contributed by atoms with van der Waals surface area (Å²) < 4.78 is 15.5. The number of carbonyl (C=O) groups is 4. The molecule has 4 aromatic carbocycles. The van der Waals surface area contributed by atoms with Gasteiger partial charge in [-0.05, 0) is 164 Å². The SMILES string of the molecule is CN1CCN(c2cnc(C(=O)Cc3cc(-c4cccs4)ccc3N)nc2)CC1.COCCOc1ccc(C(=O)Cc2cc(-c3cccs3)ccc2N)nn1.Nc1ccc(-c2cccs2)cc1CC(=O)c1ccc(OCCO)cn1.Nc1ccc(-c2cccs2)cc1CC(=O)c1ncc(N2CCNCC2)cn1. The predicted molar refractivity (Wildman–Crippen MR) is 424 cm³/mol. The summed E-state index contributed by atoms with van der Waals surface area (Å²) in [7, 11) is 3.71. The maximum atomic E-state index is 12.7. The Morgan fingerprint density at radius 3 is 1.22 bits per heavy atom. The Morgan fingerprint density at radius 2 is 0.849 bits per heavy atom. The van der Waals surface area contributed by atoms with Crippen LogP contribution >= 0.6 is 45.3 Å². The van der Waals surface area contributed by atoms with E-state index >= 15 is 0 Å². The molecule has 23 nitrogen and oxygen atoms in total. The van der Waals surface area contributed by atoms with Crippen LogP contribution in [0.5, 0.6) is 11.6 Å². The zero-order valence-corrected chi connectivity index (χ0v) is 61.9. The molecule has 0 aliphatic carbocycles. The van der Waals surface area contributed by atoms with E-state index in [1.807, 2.05) is 131 Å². The molecular formula is C79H81N15O8S4. The van der Waals surface area contributed by atoms with E-state index in [1.54, 1.807) is 102 Å². The van der Waals surface area contributed by atoms with Gasteiger partial charge in [0.15, 0.2) is 23.2 Å². The zero-order valence-electron chi connectivity index (χ0n) is 58.6. The van der Waals surface area contributed by atoms with E-state index in [2.05, 4.69) is 74.3 Å². The van der Waals surface area contributed by atoms with E-state index < -0.39 is 0 Å². The van der Waals surface area contributed by atoms with Crippen LogP contribution in [0.3, 0.4) is 0 Å². The molecule has 106 heavy (non-hydrogen) atoms. The Kier molecular flexibility index (Phi) is 27.4. The van der Waals surface area contributed by atoms with Gasteiger partial charge in [-0.3, -0.25) is 19.2 Å². The topological polar surface area (TPSA) is 332 Å². The number of aliphatic hydroxyl groups is 1. The van der Waals surface area contributed by atoms with Crippen molar-refractivity contribution in [1.82, 2.24) is 45.3 Å². The number of ketones is 4. The monoisotopic (exact) mass is 1500 g/mol. The zero-order chi connectivity index (χ0) is 74.2. The van der Waals surface area contributed by atoms with Crippen LogP contribution in [0, 0.1) is 0 Å². The Morgan fingerprint density at radius 1 is 0.443 bits per heavy atom. The number of aliphatic hydroxyl groups excluding tert-OH is 1. The van der Waals surface area contributed by atoms with Gasteiger partial charge in [0.2, 0.25) is 17.4 Å². The number of anilines is 6. The number of nitrogens with two attached hydrogens (primary N) is 4. The lowest BCUT2D eigenvalue weighted by Gasteiger charge is -2.33. The van der Waals surface area contributed by atoms with Gasteiger partial charge in [-0.2, -0.15) is 0 Å². The van der Waals surface area contributed by atoms with E-state index in [1.165, 1.54) is 6.20 Å². The number of aromatic nitrogens is 7. The number of nitrogens with one attached hydrogen (secondary N) is 1. The molecule has 0 spiro atoms. The summed E-state index contributed by atoms with van der Waals surface area (Å²) >= 11 is 6.61. The molecule has 10 heterocycles. The maximum absolute atomic E-state index is 12.7. The van der Waals surface area contributed by atoms with Crippen LogP contribution in [-0.2, 0) is 30.4 Å². The molecule has 0 unspecified atom stereocenters.